The zero-order chi connectivity index (χ0) is 24.1. The van der Waals surface area contributed by atoms with Gasteiger partial charge >= 0.3 is 0 Å². The van der Waals surface area contributed by atoms with Crippen LogP contribution in [0.1, 0.15) is 56.7 Å². The van der Waals surface area contributed by atoms with Gasteiger partial charge in [-0.1, -0.05) is 69.2 Å². The van der Waals surface area contributed by atoms with Gasteiger partial charge in [-0.2, -0.15) is 4.39 Å². The zero-order valence-electron chi connectivity index (χ0n) is 20.1. The number of carbonyl (C=O) groups is 1. The number of amides is 1. The number of nitrogens with two attached hydrogens (primary N) is 1. The highest BCUT2D eigenvalue weighted by atomic mass is 19.1. The molecule has 1 heterocycles. The van der Waals surface area contributed by atoms with Crippen LogP contribution < -0.4 is 10.6 Å². The van der Waals surface area contributed by atoms with Gasteiger partial charge in [0.1, 0.15) is 0 Å². The number of rotatable bonds is 10. The van der Waals surface area contributed by atoms with Gasteiger partial charge in [-0.3, -0.25) is 4.79 Å². The first-order chi connectivity index (χ1) is 16.5. The predicted octanol–water partition coefficient (Wildman–Crippen LogP) is 6.10. The molecule has 3 atom stereocenters. The number of hydrogen-bond acceptors (Lipinski definition) is 3. The van der Waals surface area contributed by atoms with E-state index >= 15 is 0 Å². The molecule has 34 heavy (non-hydrogen) atoms. The van der Waals surface area contributed by atoms with Crippen molar-refractivity contribution in [3.8, 4) is 11.1 Å². The smallest absolute Gasteiger partial charge is 0.230 e. The molecule has 178 valence electrons. The van der Waals surface area contributed by atoms with Crippen molar-refractivity contribution in [1.82, 2.24) is 4.98 Å². The van der Waals surface area contributed by atoms with Crippen LogP contribution in [0.5, 0.6) is 0 Å². The van der Waals surface area contributed by atoms with Crippen molar-refractivity contribution in [1.29, 1.82) is 0 Å². The highest BCUT2D eigenvalue weighted by molar-refractivity contribution is 5.97. The third-order valence-electron chi connectivity index (χ3n) is 6.57. The van der Waals surface area contributed by atoms with Crippen LogP contribution in [0.4, 0.5) is 10.1 Å². The summed E-state index contributed by atoms with van der Waals surface area (Å²) in [5.41, 5.74) is 11.5. The molecule has 4 nitrogen and oxygen atoms in total. The number of benzene rings is 2. The van der Waals surface area contributed by atoms with Gasteiger partial charge in [0.25, 0.3) is 0 Å². The number of nitrogens with zero attached hydrogens (tertiary/aromatic N) is 2. The van der Waals surface area contributed by atoms with Crippen LogP contribution in [0.2, 0.25) is 0 Å². The molecule has 0 bridgehead atoms. The maximum absolute atomic E-state index is 13.6. The molecular formula is C29H34FN3O. The van der Waals surface area contributed by atoms with E-state index in [1.165, 1.54) is 11.6 Å². The molecule has 3 aromatic rings. The Bertz CT molecular complexity index is 1100. The van der Waals surface area contributed by atoms with E-state index in [9.17, 15) is 9.18 Å². The first-order valence-electron chi connectivity index (χ1n) is 12.4. The summed E-state index contributed by atoms with van der Waals surface area (Å²) < 4.78 is 13.6. The summed E-state index contributed by atoms with van der Waals surface area (Å²) in [7, 11) is 0. The van der Waals surface area contributed by atoms with E-state index in [-0.39, 0.29) is 23.8 Å². The summed E-state index contributed by atoms with van der Waals surface area (Å²) in [6, 6.07) is 21.5. The third-order valence-corrected chi connectivity index (χ3v) is 6.57. The summed E-state index contributed by atoms with van der Waals surface area (Å²) in [5, 5.41) is 0. The SMILES string of the molecule is CCCc1ccc(-c2ccc(N(CC(N)CCC)C(=O)C3CC3c3cccc(F)n3)cc2)cc1. The molecule has 1 aromatic heterocycles. The molecule has 1 fully saturated rings. The number of aromatic nitrogens is 1. The average Bonchev–Trinajstić information content (AvgIpc) is 3.64. The van der Waals surface area contributed by atoms with E-state index in [0.717, 1.165) is 42.5 Å². The molecule has 3 unspecified atom stereocenters. The second-order valence-corrected chi connectivity index (χ2v) is 9.33. The second kappa shape index (κ2) is 10.9. The molecule has 0 radical (unpaired) electrons. The van der Waals surface area contributed by atoms with E-state index in [0.29, 0.717) is 18.7 Å². The lowest BCUT2D eigenvalue weighted by molar-refractivity contribution is -0.120. The van der Waals surface area contributed by atoms with Crippen LogP contribution in [0.3, 0.4) is 0 Å². The van der Waals surface area contributed by atoms with Gasteiger partial charge in [0.05, 0.1) is 0 Å². The lowest BCUT2D eigenvalue weighted by Crippen LogP contribution is -2.42. The Balaban J connectivity index is 1.53. The molecule has 1 aliphatic rings. The Morgan fingerprint density at radius 2 is 1.71 bits per heavy atom. The normalized spacial score (nSPS) is 17.9. The van der Waals surface area contributed by atoms with Crippen molar-refractivity contribution in [3.05, 3.63) is 83.9 Å². The molecule has 2 aromatic carbocycles. The van der Waals surface area contributed by atoms with Gasteiger partial charge in [0, 0.05) is 35.8 Å². The highest BCUT2D eigenvalue weighted by Gasteiger charge is 2.47. The largest absolute Gasteiger partial charge is 0.326 e. The van der Waals surface area contributed by atoms with Crippen LogP contribution in [0.15, 0.2) is 66.7 Å². The lowest BCUT2D eigenvalue weighted by Gasteiger charge is -2.26. The van der Waals surface area contributed by atoms with Crippen molar-refractivity contribution >= 4 is 11.6 Å². The Hall–Kier alpha value is -3.05. The molecule has 1 amide bonds. The van der Waals surface area contributed by atoms with Crippen LogP contribution >= 0.6 is 0 Å². The molecule has 4 rings (SSSR count). The van der Waals surface area contributed by atoms with E-state index in [1.807, 2.05) is 17.0 Å². The molecule has 0 spiro atoms. The minimum atomic E-state index is -0.504. The molecule has 0 aliphatic heterocycles. The highest BCUT2D eigenvalue weighted by Crippen LogP contribution is 2.48. The molecule has 2 N–H and O–H groups in total. The number of anilines is 1. The number of pyridine rings is 1. The fourth-order valence-corrected chi connectivity index (χ4v) is 4.63. The molecule has 0 saturated heterocycles. The first-order valence-corrected chi connectivity index (χ1v) is 12.4. The number of hydrogen-bond donors (Lipinski definition) is 1. The molecular weight excluding hydrogens is 425 g/mol. The van der Waals surface area contributed by atoms with Gasteiger partial charge in [0.15, 0.2) is 0 Å². The van der Waals surface area contributed by atoms with Crippen molar-refractivity contribution in [2.75, 3.05) is 11.4 Å². The zero-order valence-corrected chi connectivity index (χ0v) is 20.1. The predicted molar refractivity (Wildman–Crippen MR) is 136 cm³/mol. The lowest BCUT2D eigenvalue weighted by atomic mass is 10.0. The summed E-state index contributed by atoms with van der Waals surface area (Å²) in [4.78, 5) is 19.3. The summed E-state index contributed by atoms with van der Waals surface area (Å²) in [5.74, 6) is -0.682. The van der Waals surface area contributed by atoms with E-state index < -0.39 is 5.95 Å². The van der Waals surface area contributed by atoms with Gasteiger partial charge in [-0.25, -0.2) is 4.98 Å². The fraction of sp³-hybridized carbons (Fsp3) is 0.379. The minimum Gasteiger partial charge on any atom is -0.326 e. The summed E-state index contributed by atoms with van der Waals surface area (Å²) >= 11 is 0. The molecule has 1 saturated carbocycles. The maximum Gasteiger partial charge on any atom is 0.230 e. The Morgan fingerprint density at radius 1 is 1.03 bits per heavy atom. The summed E-state index contributed by atoms with van der Waals surface area (Å²) in [6.45, 7) is 4.75. The van der Waals surface area contributed by atoms with E-state index in [1.54, 1.807) is 12.1 Å². The van der Waals surface area contributed by atoms with Crippen LogP contribution in [0, 0.1) is 11.9 Å². The number of carbonyl (C=O) groups excluding carboxylic acids is 1. The number of aryl methyl sites for hydroxylation is 1. The van der Waals surface area contributed by atoms with E-state index in [2.05, 4.69) is 55.2 Å². The van der Waals surface area contributed by atoms with Crippen LogP contribution in [0.25, 0.3) is 11.1 Å². The Labute approximate surface area is 202 Å². The molecule has 1 aliphatic carbocycles. The minimum absolute atomic E-state index is 0.0333. The van der Waals surface area contributed by atoms with Crippen LogP contribution in [-0.2, 0) is 11.2 Å². The fourth-order valence-electron chi connectivity index (χ4n) is 4.63. The third kappa shape index (κ3) is 5.71. The van der Waals surface area contributed by atoms with Crippen molar-refractivity contribution in [2.24, 2.45) is 11.7 Å². The van der Waals surface area contributed by atoms with Crippen molar-refractivity contribution < 1.29 is 9.18 Å². The standard InChI is InChI=1S/C29H34FN3O/c1-3-6-20-10-12-21(13-11-20)22-14-16-24(17-15-22)33(19-23(31)7-4-2)29(34)26-18-25(26)27-8-5-9-28(30)32-27/h5,8-17,23,25-26H,3-4,6-7,18-19,31H2,1-2H3. The average molecular weight is 460 g/mol. The topological polar surface area (TPSA) is 59.2 Å². The molecule has 5 heteroatoms. The summed E-state index contributed by atoms with van der Waals surface area (Å²) in [6.07, 6.45) is 4.73. The van der Waals surface area contributed by atoms with Crippen molar-refractivity contribution in [3.63, 3.8) is 0 Å². The first kappa shape index (κ1) is 24.1. The maximum atomic E-state index is 13.6. The Kier molecular flexibility index (Phi) is 7.73. The second-order valence-electron chi connectivity index (χ2n) is 9.33. The van der Waals surface area contributed by atoms with Crippen molar-refractivity contribution in [2.45, 2.75) is 57.9 Å². The van der Waals surface area contributed by atoms with Gasteiger partial charge in [0.2, 0.25) is 11.9 Å². The Morgan fingerprint density at radius 3 is 2.32 bits per heavy atom. The van der Waals surface area contributed by atoms with E-state index in [4.69, 9.17) is 5.73 Å². The quantitative estimate of drug-likeness (QED) is 0.373. The van der Waals surface area contributed by atoms with Gasteiger partial charge in [-0.05, 0) is 60.2 Å². The van der Waals surface area contributed by atoms with Crippen LogP contribution in [-0.4, -0.2) is 23.5 Å². The van der Waals surface area contributed by atoms with Gasteiger partial charge < -0.3 is 10.6 Å². The van der Waals surface area contributed by atoms with Gasteiger partial charge in [-0.15, -0.1) is 0 Å². The number of halogens is 1. The monoisotopic (exact) mass is 459 g/mol.